The summed E-state index contributed by atoms with van der Waals surface area (Å²) < 4.78 is 60.6. The number of aromatic nitrogens is 4. The van der Waals surface area contributed by atoms with E-state index in [0.29, 0.717) is 30.6 Å². The van der Waals surface area contributed by atoms with Crippen LogP contribution in [0.15, 0.2) is 48.9 Å². The van der Waals surface area contributed by atoms with E-state index in [0.717, 1.165) is 23.3 Å². The number of ether oxygens (including phenoxy) is 1. The van der Waals surface area contributed by atoms with Crippen LogP contribution in [0, 0.1) is 17.6 Å². The van der Waals surface area contributed by atoms with Crippen molar-refractivity contribution in [2.45, 2.75) is 43.4 Å². The van der Waals surface area contributed by atoms with Gasteiger partial charge in [0.2, 0.25) is 0 Å². The number of hydrogen-bond donors (Lipinski definition) is 1. The van der Waals surface area contributed by atoms with Gasteiger partial charge in [-0.1, -0.05) is 6.92 Å². The van der Waals surface area contributed by atoms with Crippen molar-refractivity contribution in [3.8, 4) is 17.0 Å². The topological polar surface area (TPSA) is 112 Å². The van der Waals surface area contributed by atoms with Gasteiger partial charge >= 0.3 is 0 Å². The number of imidazole rings is 1. The van der Waals surface area contributed by atoms with Crippen LogP contribution in [-0.2, 0) is 16.3 Å². The molecule has 2 N–H and O–H groups in total. The molecule has 3 heterocycles. The standard InChI is InChI=1S/C27H29F2N5O3S/c1-15-8-16(9-23(30)27(15)38(3,35)36)20-6-7-31-13-17(20)10-25-32-14-18-4-5-24(33-34(18)25)26-21(28)11-19(37-2)12-22(26)29/h4-7,11-16,23,27H,8-10,30H2,1-3H3/t15-,16+,23+,27-/m0/s1. The monoisotopic (exact) mass is 541 g/mol. The Bertz CT molecular complexity index is 1570. The van der Waals surface area contributed by atoms with Crippen LogP contribution < -0.4 is 10.5 Å². The van der Waals surface area contributed by atoms with Crippen LogP contribution >= 0.6 is 0 Å². The van der Waals surface area contributed by atoms with E-state index in [9.17, 15) is 17.2 Å². The van der Waals surface area contributed by atoms with E-state index >= 15 is 0 Å². The highest BCUT2D eigenvalue weighted by molar-refractivity contribution is 7.91. The van der Waals surface area contributed by atoms with Crippen molar-refractivity contribution < 1.29 is 21.9 Å². The van der Waals surface area contributed by atoms with Gasteiger partial charge in [-0.2, -0.15) is 5.10 Å². The van der Waals surface area contributed by atoms with Crippen molar-refractivity contribution in [2.24, 2.45) is 11.7 Å². The van der Waals surface area contributed by atoms with E-state index in [-0.39, 0.29) is 28.8 Å². The first-order valence-electron chi connectivity index (χ1n) is 12.3. The molecule has 0 aliphatic heterocycles. The summed E-state index contributed by atoms with van der Waals surface area (Å²) in [6, 6.07) is 6.96. The number of rotatable bonds is 6. The third kappa shape index (κ3) is 4.88. The molecule has 0 amide bonds. The number of methoxy groups -OCH3 is 1. The van der Waals surface area contributed by atoms with Crippen molar-refractivity contribution >= 4 is 15.4 Å². The van der Waals surface area contributed by atoms with Crippen LogP contribution in [0.1, 0.15) is 42.6 Å². The summed E-state index contributed by atoms with van der Waals surface area (Å²) >= 11 is 0. The summed E-state index contributed by atoms with van der Waals surface area (Å²) in [5.74, 6) is -0.927. The van der Waals surface area contributed by atoms with Gasteiger partial charge in [0.15, 0.2) is 9.84 Å². The lowest BCUT2D eigenvalue weighted by atomic mass is 9.75. The van der Waals surface area contributed by atoms with Crippen molar-refractivity contribution in [1.82, 2.24) is 19.6 Å². The van der Waals surface area contributed by atoms with Gasteiger partial charge in [-0.05, 0) is 54.0 Å². The number of nitrogens with two attached hydrogens (primary N) is 1. The zero-order chi connectivity index (χ0) is 27.2. The van der Waals surface area contributed by atoms with Gasteiger partial charge in [-0.25, -0.2) is 26.7 Å². The Hall–Kier alpha value is -3.44. The average molecular weight is 542 g/mol. The molecule has 1 aliphatic carbocycles. The Balaban J connectivity index is 1.48. The van der Waals surface area contributed by atoms with Crippen LogP contribution in [0.3, 0.4) is 0 Å². The van der Waals surface area contributed by atoms with Crippen LogP contribution in [0.5, 0.6) is 5.75 Å². The van der Waals surface area contributed by atoms with E-state index < -0.39 is 32.8 Å². The van der Waals surface area contributed by atoms with Crippen molar-refractivity contribution in [2.75, 3.05) is 13.4 Å². The van der Waals surface area contributed by atoms with Gasteiger partial charge in [-0.15, -0.1) is 0 Å². The first kappa shape index (κ1) is 26.2. The second-order valence-corrected chi connectivity index (χ2v) is 12.3. The lowest BCUT2D eigenvalue weighted by Gasteiger charge is -2.38. The Morgan fingerprint density at radius 1 is 1.13 bits per heavy atom. The number of nitrogens with zero attached hydrogens (tertiary/aromatic N) is 4. The van der Waals surface area contributed by atoms with E-state index in [1.54, 1.807) is 35.2 Å². The fourth-order valence-corrected chi connectivity index (χ4v) is 7.51. The highest BCUT2D eigenvalue weighted by atomic mass is 32.2. The molecule has 1 fully saturated rings. The SMILES string of the molecule is COc1cc(F)c(-c2ccc3cnc(Cc4cnccc4[C@H]4C[C@@H](N)[C@@H](S(C)(=O)=O)[C@@H](C)C4)n3n2)c(F)c1. The summed E-state index contributed by atoms with van der Waals surface area (Å²) in [5.41, 5.74) is 8.87. The fourth-order valence-electron chi connectivity index (χ4n) is 5.81. The molecule has 5 rings (SSSR count). The van der Waals surface area contributed by atoms with Crippen molar-refractivity contribution in [3.63, 3.8) is 0 Å². The Morgan fingerprint density at radius 3 is 2.53 bits per heavy atom. The molecular weight excluding hydrogens is 512 g/mol. The van der Waals surface area contributed by atoms with Gasteiger partial charge in [0.1, 0.15) is 23.2 Å². The molecule has 38 heavy (non-hydrogen) atoms. The minimum absolute atomic E-state index is 0.0632. The van der Waals surface area contributed by atoms with Crippen LogP contribution in [-0.4, -0.2) is 52.7 Å². The highest BCUT2D eigenvalue weighted by Gasteiger charge is 2.40. The molecule has 0 saturated heterocycles. The normalized spacial score (nSPS) is 22.1. The zero-order valence-electron chi connectivity index (χ0n) is 21.3. The molecule has 200 valence electrons. The largest absolute Gasteiger partial charge is 0.497 e. The molecule has 0 radical (unpaired) electrons. The molecule has 1 aliphatic rings. The first-order valence-corrected chi connectivity index (χ1v) is 14.3. The third-order valence-electron chi connectivity index (χ3n) is 7.38. The maximum Gasteiger partial charge on any atom is 0.152 e. The zero-order valence-corrected chi connectivity index (χ0v) is 22.1. The van der Waals surface area contributed by atoms with Gasteiger partial charge in [-0.3, -0.25) is 4.98 Å². The quantitative estimate of drug-likeness (QED) is 0.394. The molecule has 0 bridgehead atoms. The second-order valence-electron chi connectivity index (χ2n) is 10.1. The number of benzene rings is 1. The first-order chi connectivity index (χ1) is 18.1. The Kier molecular flexibility index (Phi) is 6.91. The van der Waals surface area contributed by atoms with Gasteiger partial charge in [0, 0.05) is 43.2 Å². The fraction of sp³-hybridized carbons (Fsp3) is 0.370. The summed E-state index contributed by atoms with van der Waals surface area (Å²) in [6.45, 7) is 1.93. The van der Waals surface area contributed by atoms with E-state index in [4.69, 9.17) is 10.5 Å². The molecule has 0 spiro atoms. The van der Waals surface area contributed by atoms with E-state index in [2.05, 4.69) is 15.1 Å². The van der Waals surface area contributed by atoms with Crippen molar-refractivity contribution in [3.05, 3.63) is 77.5 Å². The number of pyridine rings is 1. The molecule has 8 nitrogen and oxygen atoms in total. The van der Waals surface area contributed by atoms with Gasteiger partial charge in [0.05, 0.1) is 35.3 Å². The smallest absolute Gasteiger partial charge is 0.152 e. The summed E-state index contributed by atoms with van der Waals surface area (Å²) in [5, 5.41) is 3.94. The molecule has 4 aromatic rings. The Labute approximate surface area is 219 Å². The molecule has 11 heteroatoms. The van der Waals surface area contributed by atoms with Gasteiger partial charge < -0.3 is 10.5 Å². The Morgan fingerprint density at radius 2 is 1.87 bits per heavy atom. The number of halogens is 2. The molecular formula is C27H29F2N5O3S. The predicted octanol–water partition coefficient (Wildman–Crippen LogP) is 3.92. The molecule has 1 saturated carbocycles. The van der Waals surface area contributed by atoms with Gasteiger partial charge in [0.25, 0.3) is 0 Å². The van der Waals surface area contributed by atoms with E-state index in [1.165, 1.54) is 13.4 Å². The molecule has 1 aromatic carbocycles. The minimum atomic E-state index is -3.26. The molecule has 0 unspecified atom stereocenters. The van der Waals surface area contributed by atoms with Crippen LogP contribution in [0.25, 0.3) is 16.8 Å². The molecule has 4 atom stereocenters. The molecule has 3 aromatic heterocycles. The lowest BCUT2D eigenvalue weighted by molar-refractivity contribution is 0.308. The number of hydrogen-bond acceptors (Lipinski definition) is 7. The highest BCUT2D eigenvalue weighted by Crippen LogP contribution is 2.39. The summed E-state index contributed by atoms with van der Waals surface area (Å²) in [6.07, 6.45) is 7.98. The van der Waals surface area contributed by atoms with E-state index in [1.807, 2.05) is 13.0 Å². The predicted molar refractivity (Wildman–Crippen MR) is 140 cm³/mol. The summed E-state index contributed by atoms with van der Waals surface area (Å²) in [7, 11) is -1.92. The minimum Gasteiger partial charge on any atom is -0.497 e. The second kappa shape index (κ2) is 10.0. The number of fused-ring (bicyclic) bond motifs is 1. The maximum atomic E-state index is 14.7. The lowest BCUT2D eigenvalue weighted by Crippen LogP contribution is -2.48. The average Bonchev–Trinajstić information content (AvgIpc) is 3.24. The van der Waals surface area contributed by atoms with Crippen molar-refractivity contribution in [1.29, 1.82) is 0 Å². The maximum absolute atomic E-state index is 14.7. The number of sulfone groups is 1. The van der Waals surface area contributed by atoms with Crippen LogP contribution in [0.4, 0.5) is 8.78 Å². The third-order valence-corrected chi connectivity index (χ3v) is 9.18. The summed E-state index contributed by atoms with van der Waals surface area (Å²) in [4.78, 5) is 8.82. The van der Waals surface area contributed by atoms with Crippen LogP contribution in [0.2, 0.25) is 0 Å².